The Balaban J connectivity index is 2.47. The molecule has 14 heavy (non-hydrogen) atoms. The lowest BCUT2D eigenvalue weighted by Crippen LogP contribution is -2.46. The molecule has 3 atom stereocenters. The van der Waals surface area contributed by atoms with E-state index in [1.165, 1.54) is 19.3 Å². The Morgan fingerprint density at radius 1 is 1.36 bits per heavy atom. The summed E-state index contributed by atoms with van der Waals surface area (Å²) in [6.45, 7) is 7.76. The molecule has 2 N–H and O–H groups in total. The van der Waals surface area contributed by atoms with Crippen molar-refractivity contribution in [2.45, 2.75) is 52.1 Å². The van der Waals surface area contributed by atoms with E-state index in [1.54, 1.807) is 0 Å². The molecule has 0 spiro atoms. The van der Waals surface area contributed by atoms with Crippen LogP contribution in [0, 0.1) is 11.8 Å². The number of hydrogen-bond donors (Lipinski definition) is 1. The summed E-state index contributed by atoms with van der Waals surface area (Å²) in [5.41, 5.74) is 5.85. The molecule has 2 heteroatoms. The minimum atomic E-state index is 0.624. The lowest BCUT2D eigenvalue weighted by molar-refractivity contribution is 0.129. The molecule has 0 amide bonds. The van der Waals surface area contributed by atoms with Gasteiger partial charge in [-0.1, -0.05) is 20.3 Å². The van der Waals surface area contributed by atoms with Crippen molar-refractivity contribution in [3.05, 3.63) is 0 Å². The summed E-state index contributed by atoms with van der Waals surface area (Å²) < 4.78 is 0. The Labute approximate surface area is 88.8 Å². The van der Waals surface area contributed by atoms with E-state index in [9.17, 15) is 0 Å². The number of likely N-dealkylation sites (N-methyl/N-ethyl adjacent to an activating group) is 1. The Kier molecular flexibility index (Phi) is 4.39. The first-order valence-corrected chi connectivity index (χ1v) is 6.03. The fraction of sp³-hybridized carbons (Fsp3) is 1.00. The largest absolute Gasteiger partial charge is 0.329 e. The lowest BCUT2D eigenvalue weighted by Gasteiger charge is -2.35. The topological polar surface area (TPSA) is 29.3 Å². The van der Waals surface area contributed by atoms with Crippen LogP contribution in [0.2, 0.25) is 0 Å². The first kappa shape index (κ1) is 12.0. The molecule has 0 saturated heterocycles. The molecular formula is C12H26N2. The van der Waals surface area contributed by atoms with Crippen molar-refractivity contribution in [1.29, 1.82) is 0 Å². The van der Waals surface area contributed by atoms with Gasteiger partial charge in [-0.3, -0.25) is 4.90 Å². The summed E-state index contributed by atoms with van der Waals surface area (Å²) in [6.07, 6.45) is 4.03. The Morgan fingerprint density at radius 3 is 2.29 bits per heavy atom. The van der Waals surface area contributed by atoms with Gasteiger partial charge in [0.15, 0.2) is 0 Å². The van der Waals surface area contributed by atoms with Gasteiger partial charge in [0.1, 0.15) is 0 Å². The maximum absolute atomic E-state index is 5.85. The second-order valence-electron chi connectivity index (χ2n) is 4.93. The van der Waals surface area contributed by atoms with E-state index in [-0.39, 0.29) is 0 Å². The van der Waals surface area contributed by atoms with Crippen molar-refractivity contribution in [3.8, 4) is 0 Å². The van der Waals surface area contributed by atoms with Crippen molar-refractivity contribution < 1.29 is 0 Å². The molecule has 1 aliphatic rings. The highest BCUT2D eigenvalue weighted by molar-refractivity contribution is 4.90. The quantitative estimate of drug-likeness (QED) is 0.708. The van der Waals surface area contributed by atoms with Crippen LogP contribution < -0.4 is 5.73 Å². The van der Waals surface area contributed by atoms with Crippen LogP contribution in [0.5, 0.6) is 0 Å². The van der Waals surface area contributed by atoms with Gasteiger partial charge in [-0.05, 0) is 38.6 Å². The van der Waals surface area contributed by atoms with E-state index in [4.69, 9.17) is 5.73 Å². The van der Waals surface area contributed by atoms with Crippen LogP contribution in [0.4, 0.5) is 0 Å². The SMILES string of the molecule is CCC(C)C(C)N(C)C(CN)C1CC1. The molecule has 0 aromatic heterocycles. The van der Waals surface area contributed by atoms with Crippen molar-refractivity contribution in [2.24, 2.45) is 17.6 Å². The van der Waals surface area contributed by atoms with E-state index in [2.05, 4.69) is 32.7 Å². The van der Waals surface area contributed by atoms with Crippen LogP contribution >= 0.6 is 0 Å². The maximum Gasteiger partial charge on any atom is 0.0246 e. The monoisotopic (exact) mass is 198 g/mol. The third-order valence-electron chi connectivity index (χ3n) is 4.04. The predicted octanol–water partition coefficient (Wildman–Crippen LogP) is 2.09. The molecule has 0 heterocycles. The van der Waals surface area contributed by atoms with E-state index >= 15 is 0 Å². The highest BCUT2D eigenvalue weighted by atomic mass is 15.2. The number of rotatable bonds is 6. The third kappa shape index (κ3) is 2.71. The zero-order valence-electron chi connectivity index (χ0n) is 10.2. The molecule has 84 valence electrons. The van der Waals surface area contributed by atoms with Crippen LogP contribution in [-0.2, 0) is 0 Å². The highest BCUT2D eigenvalue weighted by Crippen LogP contribution is 2.35. The molecule has 2 nitrogen and oxygen atoms in total. The average Bonchev–Trinajstić information content (AvgIpc) is 3.00. The molecule has 0 aromatic carbocycles. The Bertz CT molecular complexity index is 166. The molecule has 3 unspecified atom stereocenters. The molecule has 1 saturated carbocycles. The molecule has 0 radical (unpaired) electrons. The van der Waals surface area contributed by atoms with Gasteiger partial charge in [-0.25, -0.2) is 0 Å². The summed E-state index contributed by atoms with van der Waals surface area (Å²) in [7, 11) is 2.24. The van der Waals surface area contributed by atoms with Crippen molar-refractivity contribution in [3.63, 3.8) is 0 Å². The minimum Gasteiger partial charge on any atom is -0.329 e. The van der Waals surface area contributed by atoms with Crippen molar-refractivity contribution in [1.82, 2.24) is 4.90 Å². The summed E-state index contributed by atoms with van der Waals surface area (Å²) in [5.74, 6) is 1.66. The van der Waals surface area contributed by atoms with Gasteiger partial charge in [0.2, 0.25) is 0 Å². The van der Waals surface area contributed by atoms with Crippen LogP contribution in [0.25, 0.3) is 0 Å². The van der Waals surface area contributed by atoms with Gasteiger partial charge >= 0.3 is 0 Å². The fourth-order valence-electron chi connectivity index (χ4n) is 2.22. The minimum absolute atomic E-state index is 0.624. The van der Waals surface area contributed by atoms with E-state index in [1.807, 2.05) is 0 Å². The summed E-state index contributed by atoms with van der Waals surface area (Å²) in [4.78, 5) is 2.51. The third-order valence-corrected chi connectivity index (χ3v) is 4.04. The summed E-state index contributed by atoms with van der Waals surface area (Å²) in [6, 6.07) is 1.29. The number of nitrogens with zero attached hydrogens (tertiary/aromatic N) is 1. The normalized spacial score (nSPS) is 23.6. The molecular weight excluding hydrogens is 172 g/mol. The predicted molar refractivity (Wildman–Crippen MR) is 62.2 cm³/mol. The Morgan fingerprint density at radius 2 is 1.93 bits per heavy atom. The smallest absolute Gasteiger partial charge is 0.0246 e. The lowest BCUT2D eigenvalue weighted by atomic mass is 9.97. The van der Waals surface area contributed by atoms with Gasteiger partial charge in [0.05, 0.1) is 0 Å². The van der Waals surface area contributed by atoms with Crippen LogP contribution in [-0.4, -0.2) is 30.6 Å². The molecule has 1 fully saturated rings. The van der Waals surface area contributed by atoms with Crippen LogP contribution in [0.3, 0.4) is 0 Å². The fourth-order valence-corrected chi connectivity index (χ4v) is 2.22. The first-order valence-electron chi connectivity index (χ1n) is 6.03. The van der Waals surface area contributed by atoms with Crippen LogP contribution in [0.1, 0.15) is 40.0 Å². The average molecular weight is 198 g/mol. The van der Waals surface area contributed by atoms with Gasteiger partial charge in [0, 0.05) is 18.6 Å². The van der Waals surface area contributed by atoms with Crippen molar-refractivity contribution >= 4 is 0 Å². The first-order chi connectivity index (χ1) is 6.61. The molecule has 1 aliphatic carbocycles. The maximum atomic E-state index is 5.85. The molecule has 0 aromatic rings. The van der Waals surface area contributed by atoms with E-state index in [0.29, 0.717) is 12.1 Å². The second kappa shape index (κ2) is 5.13. The highest BCUT2D eigenvalue weighted by Gasteiger charge is 2.35. The number of nitrogens with two attached hydrogens (primary N) is 1. The zero-order valence-corrected chi connectivity index (χ0v) is 10.2. The second-order valence-corrected chi connectivity index (χ2v) is 4.93. The van der Waals surface area contributed by atoms with Crippen LogP contribution in [0.15, 0.2) is 0 Å². The van der Waals surface area contributed by atoms with Gasteiger partial charge in [-0.2, -0.15) is 0 Å². The van der Waals surface area contributed by atoms with Gasteiger partial charge in [0.25, 0.3) is 0 Å². The summed E-state index contributed by atoms with van der Waals surface area (Å²) >= 11 is 0. The molecule has 0 bridgehead atoms. The molecule has 1 rings (SSSR count). The Hall–Kier alpha value is -0.0800. The summed E-state index contributed by atoms with van der Waals surface area (Å²) in [5, 5.41) is 0. The van der Waals surface area contributed by atoms with Gasteiger partial charge in [-0.15, -0.1) is 0 Å². The van der Waals surface area contributed by atoms with E-state index < -0.39 is 0 Å². The zero-order chi connectivity index (χ0) is 10.7. The van der Waals surface area contributed by atoms with E-state index in [0.717, 1.165) is 18.4 Å². The van der Waals surface area contributed by atoms with Crippen molar-refractivity contribution in [2.75, 3.05) is 13.6 Å². The molecule has 0 aliphatic heterocycles. The standard InChI is InChI=1S/C12H26N2/c1-5-9(2)10(3)14(4)12(8-13)11-6-7-11/h9-12H,5-8,13H2,1-4H3. The number of hydrogen-bond acceptors (Lipinski definition) is 2. The van der Waals surface area contributed by atoms with Gasteiger partial charge < -0.3 is 5.73 Å².